The first-order valence-corrected chi connectivity index (χ1v) is 6.39. The van der Waals surface area contributed by atoms with E-state index in [9.17, 15) is 4.79 Å². The van der Waals surface area contributed by atoms with Gasteiger partial charge in [-0.1, -0.05) is 13.0 Å². The highest BCUT2D eigenvalue weighted by atomic mass is 16.5. The van der Waals surface area contributed by atoms with Crippen LogP contribution in [0.25, 0.3) is 0 Å². The Bertz CT molecular complexity index is 421. The van der Waals surface area contributed by atoms with Crippen molar-refractivity contribution in [2.75, 3.05) is 20.3 Å². The fourth-order valence-corrected chi connectivity index (χ4v) is 1.57. The van der Waals surface area contributed by atoms with Gasteiger partial charge in [0.1, 0.15) is 0 Å². The average molecular weight is 266 g/mol. The number of carbonyl (C=O) groups is 1. The monoisotopic (exact) mass is 266 g/mol. The number of benzene rings is 1. The van der Waals surface area contributed by atoms with Gasteiger partial charge < -0.3 is 20.5 Å². The predicted octanol–water partition coefficient (Wildman–Crippen LogP) is 1.30. The number of ether oxygens (including phenoxy) is 2. The molecular weight excluding hydrogens is 244 g/mol. The minimum atomic E-state index is -0.176. The van der Waals surface area contributed by atoms with Gasteiger partial charge in [0.2, 0.25) is 5.91 Å². The zero-order valence-corrected chi connectivity index (χ0v) is 11.7. The summed E-state index contributed by atoms with van der Waals surface area (Å²) in [5, 5.41) is 2.84. The molecular formula is C14H22N2O3. The number of nitrogens with two attached hydrogens (primary N) is 1. The molecule has 19 heavy (non-hydrogen) atoms. The van der Waals surface area contributed by atoms with E-state index in [-0.39, 0.29) is 11.8 Å². The number of hydrogen-bond acceptors (Lipinski definition) is 4. The molecule has 0 saturated heterocycles. The van der Waals surface area contributed by atoms with Crippen molar-refractivity contribution in [1.82, 2.24) is 5.32 Å². The molecule has 1 aromatic carbocycles. The van der Waals surface area contributed by atoms with Crippen LogP contribution in [0.2, 0.25) is 0 Å². The van der Waals surface area contributed by atoms with Gasteiger partial charge in [0.15, 0.2) is 11.5 Å². The summed E-state index contributed by atoms with van der Waals surface area (Å²) in [4.78, 5) is 11.6. The molecule has 0 aliphatic rings. The van der Waals surface area contributed by atoms with Gasteiger partial charge >= 0.3 is 0 Å². The Balaban J connectivity index is 2.69. The van der Waals surface area contributed by atoms with Crippen molar-refractivity contribution in [3.63, 3.8) is 0 Å². The molecule has 1 atom stereocenters. The molecule has 1 aromatic rings. The molecule has 0 fully saturated rings. The number of amides is 1. The van der Waals surface area contributed by atoms with Gasteiger partial charge in [-0.3, -0.25) is 4.79 Å². The lowest BCUT2D eigenvalue weighted by molar-refractivity contribution is -0.124. The lowest BCUT2D eigenvalue weighted by Crippen LogP contribution is -2.32. The molecule has 1 rings (SSSR count). The Morgan fingerprint density at radius 2 is 2.16 bits per heavy atom. The van der Waals surface area contributed by atoms with E-state index in [1.54, 1.807) is 14.0 Å². The zero-order chi connectivity index (χ0) is 14.3. The van der Waals surface area contributed by atoms with Crippen molar-refractivity contribution < 1.29 is 14.3 Å². The Morgan fingerprint density at radius 3 is 2.74 bits per heavy atom. The van der Waals surface area contributed by atoms with E-state index < -0.39 is 0 Å². The molecule has 1 amide bonds. The van der Waals surface area contributed by atoms with E-state index in [4.69, 9.17) is 15.2 Å². The third-order valence-electron chi connectivity index (χ3n) is 2.80. The second-order valence-corrected chi connectivity index (χ2v) is 4.27. The lowest BCUT2D eigenvalue weighted by atomic mass is 10.1. The Hall–Kier alpha value is -1.75. The molecule has 0 aromatic heterocycles. The summed E-state index contributed by atoms with van der Waals surface area (Å²) >= 11 is 0. The summed E-state index contributed by atoms with van der Waals surface area (Å²) in [6.45, 7) is 5.08. The van der Waals surface area contributed by atoms with Crippen LogP contribution >= 0.6 is 0 Å². The molecule has 0 bridgehead atoms. The second kappa shape index (κ2) is 7.63. The van der Waals surface area contributed by atoms with Crippen LogP contribution in [-0.2, 0) is 11.3 Å². The number of nitrogens with one attached hydrogen (secondary N) is 1. The Labute approximate surface area is 114 Å². The highest BCUT2D eigenvalue weighted by molar-refractivity contribution is 5.78. The number of rotatable bonds is 7. The summed E-state index contributed by atoms with van der Waals surface area (Å²) in [6, 6.07) is 5.60. The third kappa shape index (κ3) is 4.44. The predicted molar refractivity (Wildman–Crippen MR) is 74.2 cm³/mol. The van der Waals surface area contributed by atoms with E-state index in [0.29, 0.717) is 31.2 Å². The van der Waals surface area contributed by atoms with Gasteiger partial charge in [0, 0.05) is 19.0 Å². The molecule has 5 heteroatoms. The first-order valence-electron chi connectivity index (χ1n) is 6.39. The van der Waals surface area contributed by atoms with E-state index in [1.807, 2.05) is 25.1 Å². The van der Waals surface area contributed by atoms with Gasteiger partial charge in [-0.25, -0.2) is 0 Å². The molecule has 106 valence electrons. The summed E-state index contributed by atoms with van der Waals surface area (Å²) in [5.41, 5.74) is 6.41. The van der Waals surface area contributed by atoms with Crippen LogP contribution in [-0.4, -0.2) is 26.2 Å². The van der Waals surface area contributed by atoms with Crippen molar-refractivity contribution in [2.24, 2.45) is 11.7 Å². The van der Waals surface area contributed by atoms with E-state index in [0.717, 1.165) is 5.56 Å². The molecule has 1 unspecified atom stereocenters. The fraction of sp³-hybridized carbons (Fsp3) is 0.500. The lowest BCUT2D eigenvalue weighted by Gasteiger charge is -2.13. The van der Waals surface area contributed by atoms with E-state index in [1.165, 1.54) is 0 Å². The summed E-state index contributed by atoms with van der Waals surface area (Å²) in [6.07, 6.45) is 0. The quantitative estimate of drug-likeness (QED) is 0.780. The molecule has 0 saturated carbocycles. The maximum atomic E-state index is 11.6. The molecule has 0 spiro atoms. The highest BCUT2D eigenvalue weighted by Gasteiger charge is 2.11. The van der Waals surface area contributed by atoms with Crippen molar-refractivity contribution >= 4 is 5.91 Å². The highest BCUT2D eigenvalue weighted by Crippen LogP contribution is 2.27. The van der Waals surface area contributed by atoms with Gasteiger partial charge in [-0.15, -0.1) is 0 Å². The van der Waals surface area contributed by atoms with Gasteiger partial charge in [-0.05, 0) is 24.6 Å². The fourth-order valence-electron chi connectivity index (χ4n) is 1.57. The van der Waals surface area contributed by atoms with Gasteiger partial charge in [0.25, 0.3) is 0 Å². The smallest absolute Gasteiger partial charge is 0.224 e. The van der Waals surface area contributed by atoms with E-state index in [2.05, 4.69) is 5.32 Å². The van der Waals surface area contributed by atoms with Crippen molar-refractivity contribution in [1.29, 1.82) is 0 Å². The van der Waals surface area contributed by atoms with Crippen molar-refractivity contribution in [3.8, 4) is 11.5 Å². The van der Waals surface area contributed by atoms with Crippen LogP contribution in [0.1, 0.15) is 19.4 Å². The minimum absolute atomic E-state index is 0.0451. The molecule has 3 N–H and O–H groups in total. The van der Waals surface area contributed by atoms with Crippen LogP contribution in [0.5, 0.6) is 11.5 Å². The summed E-state index contributed by atoms with van der Waals surface area (Å²) in [7, 11) is 1.60. The second-order valence-electron chi connectivity index (χ2n) is 4.27. The summed E-state index contributed by atoms with van der Waals surface area (Å²) in [5.74, 6) is 1.15. The topological polar surface area (TPSA) is 73.6 Å². The molecule has 0 aliphatic carbocycles. The van der Waals surface area contributed by atoms with Crippen molar-refractivity contribution in [2.45, 2.75) is 20.4 Å². The van der Waals surface area contributed by atoms with Crippen LogP contribution < -0.4 is 20.5 Å². The maximum absolute atomic E-state index is 11.6. The van der Waals surface area contributed by atoms with Gasteiger partial charge in [-0.2, -0.15) is 0 Å². The SMILES string of the molecule is CCOc1cc(CNC(=O)C(C)CN)ccc1OC. The average Bonchev–Trinajstić information content (AvgIpc) is 2.44. The van der Waals surface area contributed by atoms with Crippen LogP contribution in [0.3, 0.4) is 0 Å². The summed E-state index contributed by atoms with van der Waals surface area (Å²) < 4.78 is 10.7. The molecule has 0 heterocycles. The van der Waals surface area contributed by atoms with Crippen molar-refractivity contribution in [3.05, 3.63) is 23.8 Å². The molecule has 0 aliphatic heterocycles. The number of hydrogen-bond donors (Lipinski definition) is 2. The normalized spacial score (nSPS) is 11.8. The van der Waals surface area contributed by atoms with Crippen LogP contribution in [0.4, 0.5) is 0 Å². The largest absolute Gasteiger partial charge is 0.493 e. The molecule has 5 nitrogen and oxygen atoms in total. The van der Waals surface area contributed by atoms with Crippen LogP contribution in [0, 0.1) is 5.92 Å². The molecule has 0 radical (unpaired) electrons. The minimum Gasteiger partial charge on any atom is -0.493 e. The number of carbonyl (C=O) groups excluding carboxylic acids is 1. The number of methoxy groups -OCH3 is 1. The van der Waals surface area contributed by atoms with Gasteiger partial charge in [0.05, 0.1) is 13.7 Å². The third-order valence-corrected chi connectivity index (χ3v) is 2.80. The van der Waals surface area contributed by atoms with Crippen LogP contribution in [0.15, 0.2) is 18.2 Å². The zero-order valence-electron chi connectivity index (χ0n) is 11.7. The van der Waals surface area contributed by atoms with E-state index >= 15 is 0 Å². The first-order chi connectivity index (χ1) is 9.12. The maximum Gasteiger partial charge on any atom is 0.224 e. The first kappa shape index (κ1) is 15.3. The standard InChI is InChI=1S/C14H22N2O3/c1-4-19-13-7-11(5-6-12(13)18-3)9-16-14(17)10(2)8-15/h5-7,10H,4,8-9,15H2,1-3H3,(H,16,17). The Kier molecular flexibility index (Phi) is 6.15. The Morgan fingerprint density at radius 1 is 1.42 bits per heavy atom.